The molecule has 0 unspecified atom stereocenters. The number of carbonyl (C=O) groups excluding carboxylic acids is 2. The van der Waals surface area contributed by atoms with Crippen LogP contribution in [-0.4, -0.2) is 25.2 Å². The second-order valence-corrected chi connectivity index (χ2v) is 10.5. The number of carbonyl (C=O) groups is 2. The number of hydrogen-bond donors (Lipinski definition) is 0. The Kier molecular flexibility index (Phi) is 5.86. The lowest BCUT2D eigenvalue weighted by molar-refractivity contribution is -0.154. The normalized spacial score (nSPS) is 34.0. The van der Waals surface area contributed by atoms with E-state index in [1.54, 1.807) is 36.8 Å². The van der Waals surface area contributed by atoms with E-state index in [9.17, 15) is 9.59 Å². The molecule has 1 saturated carbocycles. The van der Waals surface area contributed by atoms with Gasteiger partial charge in [-0.15, -0.1) is 0 Å². The van der Waals surface area contributed by atoms with Gasteiger partial charge in [-0.05, 0) is 43.5 Å². The molecule has 1 aromatic heterocycles. The smallest absolute Gasteiger partial charge is 0.338 e. The Labute approximate surface area is 205 Å². The summed E-state index contributed by atoms with van der Waals surface area (Å²) in [7, 11) is 1.42. The van der Waals surface area contributed by atoms with Crippen molar-refractivity contribution < 1.29 is 28.2 Å². The van der Waals surface area contributed by atoms with E-state index in [4.69, 9.17) is 18.6 Å². The van der Waals surface area contributed by atoms with Crippen molar-refractivity contribution in [1.29, 1.82) is 0 Å². The summed E-state index contributed by atoms with van der Waals surface area (Å²) in [6.45, 7) is 8.67. The zero-order valence-electron chi connectivity index (χ0n) is 20.5. The molecule has 35 heavy (non-hydrogen) atoms. The van der Waals surface area contributed by atoms with Crippen molar-refractivity contribution in [2.45, 2.75) is 51.7 Å². The van der Waals surface area contributed by atoms with Crippen LogP contribution in [0.4, 0.5) is 0 Å². The van der Waals surface area contributed by atoms with Crippen LogP contribution in [-0.2, 0) is 19.0 Å². The molecule has 2 heterocycles. The summed E-state index contributed by atoms with van der Waals surface area (Å²) < 4.78 is 22.8. The maximum Gasteiger partial charge on any atom is 0.338 e. The van der Waals surface area contributed by atoms with Crippen molar-refractivity contribution in [2.75, 3.05) is 7.11 Å². The van der Waals surface area contributed by atoms with Crippen LogP contribution in [0.5, 0.6) is 0 Å². The number of furan rings is 1. The SMILES string of the molecule is C=C1O[C@H](c2ccoc2)C[C@]2(C)C3=C[C@@H](OC(=O)c4ccccc4)C[C@@H](C(=O)OC)[C@]3(C)CC[C@@H]12. The molecule has 0 amide bonds. The summed E-state index contributed by atoms with van der Waals surface area (Å²) in [4.78, 5) is 26.0. The maximum absolute atomic E-state index is 13.1. The van der Waals surface area contributed by atoms with Gasteiger partial charge in [-0.2, -0.15) is 0 Å². The first kappa shape index (κ1) is 23.5. The summed E-state index contributed by atoms with van der Waals surface area (Å²) in [5, 5.41) is 0. The van der Waals surface area contributed by atoms with Gasteiger partial charge in [-0.1, -0.05) is 44.2 Å². The standard InChI is InChI=1S/C29H32O6/c1-18-22-10-12-28(2)23(27(31)32-4)14-21(35-26(30)19-8-6-5-7-9-19)15-25(28)29(22,3)16-24(34-18)20-11-13-33-17-20/h5-9,11,13,15,17,21-24H,1,10,12,14,16H2,2-4H3/t21-,22-,23-,24-,28-,29-/m0/s1. The summed E-state index contributed by atoms with van der Waals surface area (Å²) in [5.74, 6) is -0.219. The Morgan fingerprint density at radius 3 is 2.57 bits per heavy atom. The number of allylic oxidation sites excluding steroid dienone is 2. The zero-order chi connectivity index (χ0) is 24.8. The molecule has 6 atom stereocenters. The predicted octanol–water partition coefficient (Wildman–Crippen LogP) is 6.02. The molecular weight excluding hydrogens is 444 g/mol. The summed E-state index contributed by atoms with van der Waals surface area (Å²) in [6, 6.07) is 10.9. The van der Waals surface area contributed by atoms with Crippen LogP contribution in [0, 0.1) is 22.7 Å². The van der Waals surface area contributed by atoms with Crippen molar-refractivity contribution in [3.8, 4) is 0 Å². The van der Waals surface area contributed by atoms with Gasteiger partial charge in [-0.3, -0.25) is 4.79 Å². The van der Waals surface area contributed by atoms with E-state index < -0.39 is 23.4 Å². The van der Waals surface area contributed by atoms with Crippen LogP contribution < -0.4 is 0 Å². The highest BCUT2D eigenvalue weighted by Gasteiger charge is 2.60. The molecule has 2 fully saturated rings. The van der Waals surface area contributed by atoms with E-state index >= 15 is 0 Å². The molecule has 1 aliphatic heterocycles. The van der Waals surface area contributed by atoms with E-state index in [0.29, 0.717) is 18.4 Å². The molecule has 184 valence electrons. The van der Waals surface area contributed by atoms with E-state index in [-0.39, 0.29) is 23.4 Å². The number of benzene rings is 1. The third-order valence-electron chi connectivity index (χ3n) is 8.50. The highest BCUT2D eigenvalue weighted by Crippen LogP contribution is 2.65. The molecule has 1 saturated heterocycles. The Morgan fingerprint density at radius 1 is 1.11 bits per heavy atom. The van der Waals surface area contributed by atoms with Crippen LogP contribution in [0.25, 0.3) is 0 Å². The molecule has 6 heteroatoms. The van der Waals surface area contributed by atoms with Crippen molar-refractivity contribution in [1.82, 2.24) is 0 Å². The number of rotatable bonds is 4. The number of ether oxygens (including phenoxy) is 3. The lowest BCUT2D eigenvalue weighted by Gasteiger charge is -2.59. The Hall–Kier alpha value is -3.28. The van der Waals surface area contributed by atoms with Crippen LogP contribution in [0.2, 0.25) is 0 Å². The van der Waals surface area contributed by atoms with E-state index in [0.717, 1.165) is 29.7 Å². The molecule has 0 N–H and O–H groups in total. The van der Waals surface area contributed by atoms with Crippen LogP contribution in [0.1, 0.15) is 61.6 Å². The minimum Gasteiger partial charge on any atom is -0.490 e. The monoisotopic (exact) mass is 476 g/mol. The van der Waals surface area contributed by atoms with Gasteiger partial charge in [-0.25, -0.2) is 4.79 Å². The molecule has 6 nitrogen and oxygen atoms in total. The van der Waals surface area contributed by atoms with Gasteiger partial charge in [0.15, 0.2) is 0 Å². The number of hydrogen-bond acceptors (Lipinski definition) is 6. The van der Waals surface area contributed by atoms with Crippen molar-refractivity contribution in [2.24, 2.45) is 22.7 Å². The Balaban J connectivity index is 1.55. The number of methoxy groups -OCH3 is 1. The van der Waals surface area contributed by atoms with Gasteiger partial charge in [0.2, 0.25) is 0 Å². The lowest BCUT2D eigenvalue weighted by atomic mass is 9.47. The highest BCUT2D eigenvalue weighted by atomic mass is 16.5. The van der Waals surface area contributed by atoms with E-state index in [2.05, 4.69) is 26.5 Å². The average Bonchev–Trinajstić information content (AvgIpc) is 3.39. The highest BCUT2D eigenvalue weighted by molar-refractivity contribution is 5.89. The fourth-order valence-corrected chi connectivity index (χ4v) is 6.69. The van der Waals surface area contributed by atoms with Gasteiger partial charge in [0, 0.05) is 28.7 Å². The molecular formula is C29H32O6. The lowest BCUT2D eigenvalue weighted by Crippen LogP contribution is -2.53. The van der Waals surface area contributed by atoms with E-state index in [1.807, 2.05) is 12.1 Å². The van der Waals surface area contributed by atoms with Crippen LogP contribution >= 0.6 is 0 Å². The van der Waals surface area contributed by atoms with Crippen molar-refractivity contribution >= 4 is 11.9 Å². The molecule has 0 radical (unpaired) electrons. The van der Waals surface area contributed by atoms with Crippen LogP contribution in [0.3, 0.4) is 0 Å². The van der Waals surface area contributed by atoms with Gasteiger partial charge in [0.25, 0.3) is 0 Å². The largest absolute Gasteiger partial charge is 0.490 e. The summed E-state index contributed by atoms with van der Waals surface area (Å²) >= 11 is 0. The first-order valence-electron chi connectivity index (χ1n) is 12.2. The second-order valence-electron chi connectivity index (χ2n) is 10.5. The third kappa shape index (κ3) is 3.89. The fourth-order valence-electron chi connectivity index (χ4n) is 6.69. The van der Waals surface area contributed by atoms with E-state index in [1.165, 1.54) is 7.11 Å². The Morgan fingerprint density at radius 2 is 1.89 bits per heavy atom. The summed E-state index contributed by atoms with van der Waals surface area (Å²) in [6.07, 6.45) is 7.49. The minimum absolute atomic E-state index is 0.104. The third-order valence-corrected chi connectivity index (χ3v) is 8.50. The molecule has 0 bridgehead atoms. The minimum atomic E-state index is -0.533. The maximum atomic E-state index is 13.1. The van der Waals surface area contributed by atoms with Crippen LogP contribution in [0.15, 0.2) is 77.3 Å². The molecule has 2 aliphatic carbocycles. The van der Waals surface area contributed by atoms with Gasteiger partial charge in [0.1, 0.15) is 12.2 Å². The fraction of sp³-hybridized carbons (Fsp3) is 0.448. The van der Waals surface area contributed by atoms with Gasteiger partial charge in [0.05, 0.1) is 36.9 Å². The average molecular weight is 477 g/mol. The van der Waals surface area contributed by atoms with Crippen molar-refractivity contribution in [3.63, 3.8) is 0 Å². The number of fused-ring (bicyclic) bond motifs is 3. The zero-order valence-corrected chi connectivity index (χ0v) is 20.5. The first-order valence-corrected chi connectivity index (χ1v) is 12.2. The summed E-state index contributed by atoms with van der Waals surface area (Å²) in [5.41, 5.74) is 1.85. The molecule has 5 rings (SSSR count). The second kappa shape index (κ2) is 8.74. The molecule has 2 aromatic rings. The quantitative estimate of drug-likeness (QED) is 0.397. The predicted molar refractivity (Wildman–Crippen MR) is 129 cm³/mol. The Bertz CT molecular complexity index is 1150. The van der Waals surface area contributed by atoms with Crippen molar-refractivity contribution in [3.05, 3.63) is 84.0 Å². The first-order chi connectivity index (χ1) is 16.8. The van der Waals surface area contributed by atoms with Gasteiger partial charge < -0.3 is 18.6 Å². The number of esters is 2. The molecule has 0 spiro atoms. The van der Waals surface area contributed by atoms with Gasteiger partial charge >= 0.3 is 11.9 Å². The molecule has 3 aliphatic rings. The molecule has 1 aromatic carbocycles. The topological polar surface area (TPSA) is 75.0 Å².